The zero-order chi connectivity index (χ0) is 16.1. The fourth-order valence-corrected chi connectivity index (χ4v) is 2.49. The summed E-state index contributed by atoms with van der Waals surface area (Å²) in [6.07, 6.45) is 2.50. The Morgan fingerprint density at radius 3 is 1.95 bits per heavy atom. The number of halogens is 1. The van der Waals surface area contributed by atoms with Crippen molar-refractivity contribution in [1.82, 2.24) is 0 Å². The SMILES string of the molecule is COc1cc(O)ccc1Br.COc1cc(O)ccc1C1CC1. The van der Waals surface area contributed by atoms with Crippen molar-refractivity contribution in [2.45, 2.75) is 18.8 Å². The zero-order valence-corrected chi connectivity index (χ0v) is 14.1. The highest BCUT2D eigenvalue weighted by molar-refractivity contribution is 9.10. The van der Waals surface area contributed by atoms with Gasteiger partial charge in [0, 0.05) is 12.1 Å². The minimum atomic E-state index is 0.208. The van der Waals surface area contributed by atoms with E-state index in [9.17, 15) is 5.11 Å². The largest absolute Gasteiger partial charge is 0.508 e. The fourth-order valence-electron chi connectivity index (χ4n) is 2.08. The summed E-state index contributed by atoms with van der Waals surface area (Å²) >= 11 is 3.25. The van der Waals surface area contributed by atoms with E-state index >= 15 is 0 Å². The van der Waals surface area contributed by atoms with Gasteiger partial charge in [0.2, 0.25) is 0 Å². The molecule has 4 nitrogen and oxygen atoms in total. The van der Waals surface area contributed by atoms with E-state index in [0.29, 0.717) is 11.7 Å². The van der Waals surface area contributed by atoms with Gasteiger partial charge in [0.1, 0.15) is 23.0 Å². The Kier molecular flexibility index (Phi) is 5.55. The number of aromatic hydroxyl groups is 2. The molecule has 2 N–H and O–H groups in total. The van der Waals surface area contributed by atoms with Crippen molar-refractivity contribution in [3.05, 3.63) is 46.4 Å². The molecule has 1 fully saturated rings. The van der Waals surface area contributed by atoms with Crippen molar-refractivity contribution in [3.8, 4) is 23.0 Å². The van der Waals surface area contributed by atoms with Crippen LogP contribution in [0.4, 0.5) is 0 Å². The van der Waals surface area contributed by atoms with Crippen LogP contribution in [0.5, 0.6) is 23.0 Å². The topological polar surface area (TPSA) is 58.9 Å². The maximum Gasteiger partial charge on any atom is 0.136 e. The Morgan fingerprint density at radius 1 is 0.909 bits per heavy atom. The van der Waals surface area contributed by atoms with Gasteiger partial charge in [-0.3, -0.25) is 0 Å². The van der Waals surface area contributed by atoms with Gasteiger partial charge in [-0.1, -0.05) is 6.07 Å². The van der Waals surface area contributed by atoms with Crippen LogP contribution in [-0.4, -0.2) is 24.4 Å². The number of methoxy groups -OCH3 is 2. The molecule has 0 spiro atoms. The van der Waals surface area contributed by atoms with Crippen LogP contribution in [0.25, 0.3) is 0 Å². The van der Waals surface area contributed by atoms with Crippen LogP contribution in [0.15, 0.2) is 40.9 Å². The Labute approximate surface area is 138 Å². The second-order valence-corrected chi connectivity index (χ2v) is 5.87. The van der Waals surface area contributed by atoms with E-state index in [1.54, 1.807) is 44.6 Å². The van der Waals surface area contributed by atoms with Crippen LogP contribution in [0.1, 0.15) is 24.3 Å². The highest BCUT2D eigenvalue weighted by Crippen LogP contribution is 2.44. The van der Waals surface area contributed by atoms with Gasteiger partial charge in [-0.25, -0.2) is 0 Å². The number of phenolic OH excluding ortho intramolecular Hbond substituents is 2. The summed E-state index contributed by atoms with van der Waals surface area (Å²) in [5, 5.41) is 18.2. The summed E-state index contributed by atoms with van der Waals surface area (Å²) < 4.78 is 10.9. The molecule has 5 heteroatoms. The molecule has 2 aromatic rings. The first kappa shape index (κ1) is 16.5. The van der Waals surface area contributed by atoms with Gasteiger partial charge < -0.3 is 19.7 Å². The van der Waals surface area contributed by atoms with Crippen molar-refractivity contribution in [1.29, 1.82) is 0 Å². The van der Waals surface area contributed by atoms with Gasteiger partial charge in [-0.15, -0.1) is 0 Å². The molecule has 22 heavy (non-hydrogen) atoms. The Bertz CT molecular complexity index is 639. The first-order valence-corrected chi connectivity index (χ1v) is 7.74. The molecule has 3 rings (SSSR count). The minimum absolute atomic E-state index is 0.208. The monoisotopic (exact) mass is 366 g/mol. The molecular weight excluding hydrogens is 348 g/mol. The van der Waals surface area contributed by atoms with Gasteiger partial charge >= 0.3 is 0 Å². The third-order valence-corrected chi connectivity index (χ3v) is 4.02. The Morgan fingerprint density at radius 2 is 1.45 bits per heavy atom. The quantitative estimate of drug-likeness (QED) is 0.842. The predicted octanol–water partition coefficient (Wildman–Crippen LogP) is 4.44. The molecule has 118 valence electrons. The van der Waals surface area contributed by atoms with E-state index in [1.165, 1.54) is 18.4 Å². The minimum Gasteiger partial charge on any atom is -0.508 e. The Balaban J connectivity index is 0.000000164. The molecule has 0 aliphatic heterocycles. The third kappa shape index (κ3) is 4.31. The van der Waals surface area contributed by atoms with Gasteiger partial charge in [-0.2, -0.15) is 0 Å². The van der Waals surface area contributed by atoms with Gasteiger partial charge in [0.15, 0.2) is 0 Å². The van der Waals surface area contributed by atoms with Crippen molar-refractivity contribution in [3.63, 3.8) is 0 Å². The zero-order valence-electron chi connectivity index (χ0n) is 12.5. The van der Waals surface area contributed by atoms with Crippen LogP contribution >= 0.6 is 15.9 Å². The maximum atomic E-state index is 9.19. The number of phenols is 2. The molecule has 2 aromatic carbocycles. The average molecular weight is 367 g/mol. The summed E-state index contributed by atoms with van der Waals surface area (Å²) in [4.78, 5) is 0. The summed E-state index contributed by atoms with van der Waals surface area (Å²) in [6, 6.07) is 10.2. The lowest BCUT2D eigenvalue weighted by molar-refractivity contribution is 0.403. The first-order valence-electron chi connectivity index (χ1n) is 6.94. The smallest absolute Gasteiger partial charge is 0.136 e. The lowest BCUT2D eigenvalue weighted by Crippen LogP contribution is -1.88. The predicted molar refractivity (Wildman–Crippen MR) is 89.0 cm³/mol. The molecule has 1 saturated carbocycles. The van der Waals surface area contributed by atoms with Crippen LogP contribution in [-0.2, 0) is 0 Å². The highest BCUT2D eigenvalue weighted by atomic mass is 79.9. The van der Waals surface area contributed by atoms with Crippen molar-refractivity contribution in [2.75, 3.05) is 14.2 Å². The molecule has 0 atom stereocenters. The van der Waals surface area contributed by atoms with E-state index in [2.05, 4.69) is 15.9 Å². The molecule has 0 saturated heterocycles. The molecule has 1 aliphatic rings. The second kappa shape index (κ2) is 7.40. The average Bonchev–Trinajstić information content (AvgIpc) is 3.35. The summed E-state index contributed by atoms with van der Waals surface area (Å²) in [5.41, 5.74) is 1.23. The summed E-state index contributed by atoms with van der Waals surface area (Å²) in [5.74, 6) is 2.61. The number of ether oxygens (including phenoxy) is 2. The van der Waals surface area contributed by atoms with E-state index in [0.717, 1.165) is 10.2 Å². The van der Waals surface area contributed by atoms with E-state index in [1.807, 2.05) is 6.07 Å². The second-order valence-electron chi connectivity index (χ2n) is 5.02. The van der Waals surface area contributed by atoms with Gasteiger partial charge in [0.05, 0.1) is 18.7 Å². The standard InChI is InChI=1S/C10H12O2.C7H7BrO2/c1-12-10-6-8(11)4-5-9(10)7-2-3-7;1-10-7-4-5(9)2-3-6(7)8/h4-7,11H,2-3H2,1H3;2-4,9H,1H3. The van der Waals surface area contributed by atoms with E-state index < -0.39 is 0 Å². The Hall–Kier alpha value is -1.88. The van der Waals surface area contributed by atoms with Crippen LogP contribution in [0.3, 0.4) is 0 Å². The van der Waals surface area contributed by atoms with E-state index in [4.69, 9.17) is 14.6 Å². The summed E-state index contributed by atoms with van der Waals surface area (Å²) in [7, 11) is 3.19. The molecule has 0 amide bonds. The van der Waals surface area contributed by atoms with Crippen molar-refractivity contribution >= 4 is 15.9 Å². The lowest BCUT2D eigenvalue weighted by Gasteiger charge is -2.06. The van der Waals surface area contributed by atoms with Crippen LogP contribution in [0, 0.1) is 0 Å². The summed E-state index contributed by atoms with van der Waals surface area (Å²) in [6.45, 7) is 0. The molecule has 0 aromatic heterocycles. The van der Waals surface area contributed by atoms with E-state index in [-0.39, 0.29) is 11.5 Å². The maximum absolute atomic E-state index is 9.19. The van der Waals surface area contributed by atoms with Crippen LogP contribution < -0.4 is 9.47 Å². The fraction of sp³-hybridized carbons (Fsp3) is 0.294. The molecule has 0 bridgehead atoms. The molecule has 1 aliphatic carbocycles. The first-order chi connectivity index (χ1) is 10.5. The normalized spacial score (nSPS) is 13.0. The molecular formula is C17H19BrO4. The van der Waals surface area contributed by atoms with Gasteiger partial charge in [0.25, 0.3) is 0 Å². The molecule has 0 unspecified atom stereocenters. The third-order valence-electron chi connectivity index (χ3n) is 3.37. The van der Waals surface area contributed by atoms with Gasteiger partial charge in [-0.05, 0) is 58.5 Å². The lowest BCUT2D eigenvalue weighted by atomic mass is 10.1. The molecule has 0 heterocycles. The van der Waals surface area contributed by atoms with Crippen molar-refractivity contribution in [2.24, 2.45) is 0 Å². The molecule has 0 radical (unpaired) electrons. The van der Waals surface area contributed by atoms with Crippen molar-refractivity contribution < 1.29 is 19.7 Å². The van der Waals surface area contributed by atoms with Crippen LogP contribution in [0.2, 0.25) is 0 Å². The number of hydrogen-bond acceptors (Lipinski definition) is 4. The highest BCUT2D eigenvalue weighted by Gasteiger charge is 2.26. The number of benzene rings is 2. The number of rotatable bonds is 3. The number of hydrogen-bond donors (Lipinski definition) is 2.